The van der Waals surface area contributed by atoms with Crippen LogP contribution in [0.25, 0.3) is 54.7 Å². The molecule has 4 amide bonds. The molecule has 0 unspecified atom stereocenters. The molecule has 2 bridgehead atoms. The maximum atomic E-state index is 14.6. The summed E-state index contributed by atoms with van der Waals surface area (Å²) in [7, 11) is 2.64. The molecule has 2 saturated carbocycles. The number of H-pyrrole nitrogens is 2. The van der Waals surface area contributed by atoms with Crippen molar-refractivity contribution in [1.29, 1.82) is 0 Å². The summed E-state index contributed by atoms with van der Waals surface area (Å²) in [4.78, 5) is 75.0. The highest BCUT2D eigenvalue weighted by Crippen LogP contribution is 2.50. The lowest BCUT2D eigenvalue weighted by Crippen LogP contribution is -2.54. The first-order valence-electron chi connectivity index (χ1n) is 24.8. The summed E-state index contributed by atoms with van der Waals surface area (Å²) in [6.07, 6.45) is 9.17. The van der Waals surface area contributed by atoms with Gasteiger partial charge in [-0.25, -0.2) is 19.6 Å². The molecule has 2 aliphatic carbocycles. The summed E-state index contributed by atoms with van der Waals surface area (Å²) in [5.74, 6) is 1.89. The SMILES string of the molecule is COC(=O)N[C@H](C(=O)N1[C@@H]2CC[C@@H](C2)[C@H]1c1nc2ccc3cc(-c4ccc5c(ccc6nc([C@@H]7CCCN7C(=O)[C@H](NC(=O)OC)c7cccc(C8CCCCC8)c7)[nH]c65)c4)ccc3c2[nH]1)C(C)C. The number of methoxy groups -OCH3 is 2. The molecule has 2 aliphatic heterocycles. The third-order valence-electron chi connectivity index (χ3n) is 15.7. The van der Waals surface area contributed by atoms with Gasteiger partial charge in [0, 0.05) is 23.4 Å². The average Bonchev–Trinajstić information content (AvgIpc) is 4.25. The van der Waals surface area contributed by atoms with Crippen LogP contribution >= 0.6 is 0 Å². The Morgan fingerprint density at radius 1 is 0.681 bits per heavy atom. The largest absolute Gasteiger partial charge is 0.453 e. The van der Waals surface area contributed by atoms with Crippen LogP contribution in [0.3, 0.4) is 0 Å². The van der Waals surface area contributed by atoms with Gasteiger partial charge >= 0.3 is 12.2 Å². The number of ether oxygens (including phenoxy) is 2. The first-order chi connectivity index (χ1) is 33.6. The Hall–Kier alpha value is -6.96. The van der Waals surface area contributed by atoms with E-state index in [-0.39, 0.29) is 35.9 Å². The predicted octanol–water partition coefficient (Wildman–Crippen LogP) is 10.7. The predicted molar refractivity (Wildman–Crippen MR) is 265 cm³/mol. The van der Waals surface area contributed by atoms with Crippen molar-refractivity contribution in [3.05, 3.63) is 108 Å². The van der Waals surface area contributed by atoms with Crippen molar-refractivity contribution in [2.45, 2.75) is 114 Å². The smallest absolute Gasteiger partial charge is 0.407 e. The Morgan fingerprint density at radius 2 is 1.33 bits per heavy atom. The highest BCUT2D eigenvalue weighted by atomic mass is 16.5. The number of amides is 4. The van der Waals surface area contributed by atoms with Gasteiger partial charge in [0.05, 0.1) is 48.4 Å². The second-order valence-electron chi connectivity index (χ2n) is 20.1. The molecule has 356 valence electrons. The summed E-state index contributed by atoms with van der Waals surface area (Å²) < 4.78 is 9.88. The van der Waals surface area contributed by atoms with Crippen LogP contribution in [-0.4, -0.2) is 86.6 Å². The Morgan fingerprint density at radius 3 is 2.00 bits per heavy atom. The van der Waals surface area contributed by atoms with Crippen LogP contribution in [0, 0.1) is 11.8 Å². The monoisotopic (exact) mass is 928 g/mol. The molecule has 2 saturated heterocycles. The highest BCUT2D eigenvalue weighted by Gasteiger charge is 2.51. The van der Waals surface area contributed by atoms with Crippen LogP contribution in [0.15, 0.2) is 84.9 Å². The molecule has 4 N–H and O–H groups in total. The molecule has 0 radical (unpaired) electrons. The lowest BCUT2D eigenvalue weighted by atomic mass is 9.83. The molecule has 6 atom stereocenters. The molecule has 4 fully saturated rings. The van der Waals surface area contributed by atoms with Crippen LogP contribution in [-0.2, 0) is 19.1 Å². The summed E-state index contributed by atoms with van der Waals surface area (Å²) in [5.41, 5.74) is 7.68. The molecule has 2 aromatic heterocycles. The summed E-state index contributed by atoms with van der Waals surface area (Å²) >= 11 is 0. The summed E-state index contributed by atoms with van der Waals surface area (Å²) in [6, 6.07) is 27.5. The highest BCUT2D eigenvalue weighted by molar-refractivity contribution is 6.07. The molecule has 14 heteroatoms. The first-order valence-corrected chi connectivity index (χ1v) is 24.8. The number of nitrogens with zero attached hydrogens (tertiary/aromatic N) is 4. The Balaban J connectivity index is 0.852. The molecule has 4 aliphatic rings. The van der Waals surface area contributed by atoms with E-state index in [1.807, 2.05) is 47.9 Å². The standard InChI is InChI=1S/C55H60N8O6/c1-30(2)45(60-54(66)68-3)53(65)63-39-20-15-38(29-39)49(63)51-57-43-24-19-36-27-34(17-22-41(36)48(43)59-51)33-16-21-40-35(26-33)18-23-42-47(40)58-50(56-42)44-14-9-25-62(44)52(64)46(61-55(67)69-4)37-13-8-12-32(28-37)31-10-6-5-7-11-31/h8,12-13,16-19,21-24,26-28,30-31,38-39,44-46,49H,5-7,9-11,14-15,20,25,29H2,1-4H3,(H,56,58)(H,57,59)(H,60,66)(H,61,67)/t38-,39+,44-,45-,46+,49-/m0/s1. The second-order valence-corrected chi connectivity index (χ2v) is 20.1. The van der Waals surface area contributed by atoms with E-state index >= 15 is 0 Å². The average molecular weight is 929 g/mol. The third-order valence-corrected chi connectivity index (χ3v) is 15.7. The molecule has 0 spiro atoms. The molecule has 7 aromatic rings. The zero-order valence-corrected chi connectivity index (χ0v) is 39.7. The van der Waals surface area contributed by atoms with Crippen LogP contribution < -0.4 is 10.6 Å². The lowest BCUT2D eigenvalue weighted by Gasteiger charge is -2.37. The van der Waals surface area contributed by atoms with Gasteiger partial charge in [0.25, 0.3) is 5.91 Å². The van der Waals surface area contributed by atoms with Crippen molar-refractivity contribution >= 4 is 67.6 Å². The van der Waals surface area contributed by atoms with Crippen molar-refractivity contribution < 1.29 is 28.7 Å². The van der Waals surface area contributed by atoms with Gasteiger partial charge < -0.3 is 39.9 Å². The van der Waals surface area contributed by atoms with Gasteiger partial charge in [-0.1, -0.05) is 93.8 Å². The number of carbonyl (C=O) groups excluding carboxylic acids is 4. The lowest BCUT2D eigenvalue weighted by molar-refractivity contribution is -0.139. The molecule has 4 heterocycles. The molecular formula is C55H60N8O6. The van der Waals surface area contributed by atoms with Gasteiger partial charge in [0.15, 0.2) is 0 Å². The number of benzene rings is 5. The number of rotatable bonds is 10. The maximum Gasteiger partial charge on any atom is 0.407 e. The summed E-state index contributed by atoms with van der Waals surface area (Å²) in [6.45, 7) is 4.43. The quantitative estimate of drug-likeness (QED) is 0.105. The normalized spacial score (nSPS) is 21.4. The topological polar surface area (TPSA) is 175 Å². The number of nitrogens with one attached hydrogen (secondary N) is 4. The van der Waals surface area contributed by atoms with E-state index < -0.39 is 24.3 Å². The maximum absolute atomic E-state index is 14.6. The molecule has 14 nitrogen and oxygen atoms in total. The minimum Gasteiger partial charge on any atom is -0.453 e. The van der Waals surface area contributed by atoms with Gasteiger partial charge in [0.2, 0.25) is 5.91 Å². The number of hydrogen-bond acceptors (Lipinski definition) is 8. The first kappa shape index (κ1) is 44.5. The van der Waals surface area contributed by atoms with Gasteiger partial charge in [0.1, 0.15) is 23.7 Å². The zero-order valence-electron chi connectivity index (χ0n) is 39.7. The Labute approximate surface area is 400 Å². The minimum atomic E-state index is -0.889. The number of hydrogen-bond donors (Lipinski definition) is 4. The molecule has 5 aromatic carbocycles. The number of likely N-dealkylation sites (tertiary alicyclic amines) is 2. The van der Waals surface area contributed by atoms with E-state index in [1.165, 1.54) is 39.0 Å². The Bertz CT molecular complexity index is 3130. The second kappa shape index (κ2) is 18.2. The third kappa shape index (κ3) is 8.10. The van der Waals surface area contributed by atoms with E-state index in [0.717, 1.165) is 117 Å². The number of fused-ring (bicyclic) bond motifs is 8. The zero-order chi connectivity index (χ0) is 47.5. The number of aromatic nitrogens is 4. The van der Waals surface area contributed by atoms with Crippen LogP contribution in [0.2, 0.25) is 0 Å². The fourth-order valence-corrected chi connectivity index (χ4v) is 12.2. The number of alkyl carbamates (subject to hydrolysis) is 2. The van der Waals surface area contributed by atoms with E-state index in [0.29, 0.717) is 18.4 Å². The molecular weight excluding hydrogens is 869 g/mol. The number of carbonyl (C=O) groups is 4. The fourth-order valence-electron chi connectivity index (χ4n) is 12.2. The van der Waals surface area contributed by atoms with Gasteiger partial charge in [-0.15, -0.1) is 0 Å². The van der Waals surface area contributed by atoms with Crippen LogP contribution in [0.4, 0.5) is 9.59 Å². The van der Waals surface area contributed by atoms with Gasteiger partial charge in [-0.2, -0.15) is 0 Å². The number of piperidine rings is 1. The Kier molecular flexibility index (Phi) is 11.7. The molecule has 69 heavy (non-hydrogen) atoms. The molecule has 11 rings (SSSR count). The fraction of sp³-hybridized carbons (Fsp3) is 0.418. The van der Waals surface area contributed by atoms with Crippen molar-refractivity contribution in [3.63, 3.8) is 0 Å². The number of imidazole rings is 2. The summed E-state index contributed by atoms with van der Waals surface area (Å²) in [5, 5.41) is 9.88. The van der Waals surface area contributed by atoms with Crippen molar-refractivity contribution in [1.82, 2.24) is 40.4 Å². The van der Waals surface area contributed by atoms with Gasteiger partial charge in [-0.3, -0.25) is 9.59 Å². The van der Waals surface area contributed by atoms with Crippen molar-refractivity contribution in [2.75, 3.05) is 20.8 Å². The van der Waals surface area contributed by atoms with Gasteiger partial charge in [-0.05, 0) is 120 Å². The number of aromatic amines is 2. The van der Waals surface area contributed by atoms with Crippen molar-refractivity contribution in [2.24, 2.45) is 11.8 Å². The van der Waals surface area contributed by atoms with E-state index in [2.05, 4.69) is 81.3 Å². The van der Waals surface area contributed by atoms with E-state index in [4.69, 9.17) is 19.4 Å². The van der Waals surface area contributed by atoms with Crippen molar-refractivity contribution in [3.8, 4) is 11.1 Å². The van der Waals surface area contributed by atoms with Crippen LogP contribution in [0.1, 0.15) is 125 Å². The van der Waals surface area contributed by atoms with Crippen LogP contribution in [0.5, 0.6) is 0 Å². The van der Waals surface area contributed by atoms with E-state index in [1.54, 1.807) is 0 Å². The minimum absolute atomic E-state index is 0.0925. The van der Waals surface area contributed by atoms with E-state index in [9.17, 15) is 19.2 Å².